The lowest BCUT2D eigenvalue weighted by Crippen LogP contribution is -2.31. The molecule has 0 heterocycles. The predicted molar refractivity (Wildman–Crippen MR) is 94.9 cm³/mol. The number of rotatable bonds is 8. The van der Waals surface area contributed by atoms with Crippen LogP contribution in [0, 0.1) is 0 Å². The molecule has 0 spiro atoms. The van der Waals surface area contributed by atoms with E-state index in [1.807, 2.05) is 42.5 Å². The number of likely N-dealkylation sites (N-methyl/N-ethyl adjacent to an activating group) is 1. The number of ether oxygens (including phenoxy) is 1. The average Bonchev–Trinajstić information content (AvgIpc) is 2.63. The molecule has 0 amide bonds. The molecule has 2 rings (SSSR count). The van der Waals surface area contributed by atoms with Gasteiger partial charge in [-0.2, -0.15) is 0 Å². The van der Waals surface area contributed by atoms with Crippen LogP contribution in [0.25, 0.3) is 0 Å². The van der Waals surface area contributed by atoms with E-state index < -0.39 is 6.10 Å². The van der Waals surface area contributed by atoms with Gasteiger partial charge >= 0.3 is 0 Å². The van der Waals surface area contributed by atoms with Crippen LogP contribution in [-0.4, -0.2) is 36.8 Å². The molecule has 0 radical (unpaired) electrons. The molecule has 2 aromatic carbocycles. The van der Waals surface area contributed by atoms with Crippen molar-refractivity contribution in [1.82, 2.24) is 4.90 Å². The second-order valence-electron chi connectivity index (χ2n) is 5.72. The summed E-state index contributed by atoms with van der Waals surface area (Å²) in [6.07, 6.45) is -0.538. The van der Waals surface area contributed by atoms with E-state index in [9.17, 15) is 5.11 Å². The highest BCUT2D eigenvalue weighted by Gasteiger charge is 2.24. The topological polar surface area (TPSA) is 32.7 Å². The lowest BCUT2D eigenvalue weighted by molar-refractivity contribution is 0.119. The van der Waals surface area contributed by atoms with Gasteiger partial charge in [-0.15, -0.1) is 0 Å². The summed E-state index contributed by atoms with van der Waals surface area (Å²) >= 11 is 0. The van der Waals surface area contributed by atoms with Gasteiger partial charge in [-0.05, 0) is 36.3 Å². The predicted octanol–water partition coefficient (Wildman–Crippen LogP) is 3.85. The number of hydrogen-bond acceptors (Lipinski definition) is 3. The molecule has 0 aliphatic heterocycles. The second-order valence-corrected chi connectivity index (χ2v) is 5.72. The van der Waals surface area contributed by atoms with E-state index in [4.69, 9.17) is 4.74 Å². The van der Waals surface area contributed by atoms with E-state index in [-0.39, 0.29) is 5.92 Å². The lowest BCUT2D eigenvalue weighted by Gasteiger charge is -2.29. The van der Waals surface area contributed by atoms with Crippen molar-refractivity contribution in [2.45, 2.75) is 25.9 Å². The SMILES string of the molecule is CCN(CC)C[C@H](c1ccccc1)[C@@H](O)c1ccc(OC)cc1. The van der Waals surface area contributed by atoms with Gasteiger partial charge in [0, 0.05) is 12.5 Å². The van der Waals surface area contributed by atoms with E-state index in [0.29, 0.717) is 0 Å². The number of nitrogens with zero attached hydrogens (tertiary/aromatic N) is 1. The molecule has 23 heavy (non-hydrogen) atoms. The normalized spacial score (nSPS) is 13.8. The minimum absolute atomic E-state index is 0.0458. The molecule has 0 aliphatic rings. The molecule has 2 aromatic rings. The third-order valence-electron chi connectivity index (χ3n) is 4.42. The molecule has 0 saturated heterocycles. The van der Waals surface area contributed by atoms with Crippen LogP contribution in [0.15, 0.2) is 54.6 Å². The molecule has 0 bridgehead atoms. The van der Waals surface area contributed by atoms with Crippen LogP contribution in [0.4, 0.5) is 0 Å². The highest BCUT2D eigenvalue weighted by molar-refractivity contribution is 5.31. The number of aliphatic hydroxyl groups excluding tert-OH is 1. The van der Waals surface area contributed by atoms with Gasteiger partial charge in [0.15, 0.2) is 0 Å². The lowest BCUT2D eigenvalue weighted by atomic mass is 9.88. The van der Waals surface area contributed by atoms with E-state index >= 15 is 0 Å². The Kier molecular flexibility index (Phi) is 6.63. The standard InChI is InChI=1S/C20H27NO2/c1-4-21(5-2)15-19(16-9-7-6-8-10-16)20(22)17-11-13-18(23-3)14-12-17/h6-14,19-20,22H,4-5,15H2,1-3H3/t19-,20+/m1/s1. The Morgan fingerprint density at radius 3 is 2.04 bits per heavy atom. The Morgan fingerprint density at radius 1 is 0.913 bits per heavy atom. The van der Waals surface area contributed by atoms with Gasteiger partial charge < -0.3 is 14.7 Å². The summed E-state index contributed by atoms with van der Waals surface area (Å²) in [5.41, 5.74) is 2.09. The average molecular weight is 313 g/mol. The molecule has 0 fully saturated rings. The van der Waals surface area contributed by atoms with Crippen LogP contribution in [0.3, 0.4) is 0 Å². The number of benzene rings is 2. The van der Waals surface area contributed by atoms with Gasteiger partial charge in [0.2, 0.25) is 0 Å². The zero-order valence-corrected chi connectivity index (χ0v) is 14.3. The molecule has 3 nitrogen and oxygen atoms in total. The molecule has 3 heteroatoms. The van der Waals surface area contributed by atoms with Crippen molar-refractivity contribution < 1.29 is 9.84 Å². The summed E-state index contributed by atoms with van der Waals surface area (Å²) in [6.45, 7) is 7.12. The van der Waals surface area contributed by atoms with E-state index in [1.165, 1.54) is 5.56 Å². The molecular formula is C20H27NO2. The number of aliphatic hydroxyl groups is 1. The van der Waals surface area contributed by atoms with Crippen molar-refractivity contribution in [3.8, 4) is 5.75 Å². The van der Waals surface area contributed by atoms with E-state index in [0.717, 1.165) is 30.9 Å². The summed E-state index contributed by atoms with van der Waals surface area (Å²) in [5, 5.41) is 11.0. The van der Waals surface area contributed by atoms with E-state index in [1.54, 1.807) is 7.11 Å². The first-order chi connectivity index (χ1) is 11.2. The first kappa shape index (κ1) is 17.5. The van der Waals surface area contributed by atoms with Crippen LogP contribution in [-0.2, 0) is 0 Å². The van der Waals surface area contributed by atoms with Gasteiger partial charge in [-0.1, -0.05) is 56.3 Å². The van der Waals surface area contributed by atoms with Gasteiger partial charge in [0.25, 0.3) is 0 Å². The molecule has 0 unspecified atom stereocenters. The summed E-state index contributed by atoms with van der Waals surface area (Å²) in [5.74, 6) is 0.852. The van der Waals surface area contributed by atoms with Crippen LogP contribution in [0.2, 0.25) is 0 Å². The molecule has 0 saturated carbocycles. The first-order valence-corrected chi connectivity index (χ1v) is 8.28. The van der Waals surface area contributed by atoms with Crippen molar-refractivity contribution in [1.29, 1.82) is 0 Å². The summed E-state index contributed by atoms with van der Waals surface area (Å²) < 4.78 is 5.20. The molecule has 124 valence electrons. The Hall–Kier alpha value is -1.84. The van der Waals surface area contributed by atoms with Crippen molar-refractivity contribution >= 4 is 0 Å². The minimum atomic E-state index is -0.538. The van der Waals surface area contributed by atoms with Gasteiger partial charge in [-0.25, -0.2) is 0 Å². The molecule has 2 atom stereocenters. The van der Waals surface area contributed by atoms with Crippen molar-refractivity contribution in [2.75, 3.05) is 26.7 Å². The Morgan fingerprint density at radius 2 is 1.52 bits per heavy atom. The van der Waals surface area contributed by atoms with Crippen LogP contribution >= 0.6 is 0 Å². The smallest absolute Gasteiger partial charge is 0.118 e. The maximum Gasteiger partial charge on any atom is 0.118 e. The first-order valence-electron chi connectivity index (χ1n) is 8.28. The zero-order valence-electron chi connectivity index (χ0n) is 14.3. The summed E-state index contributed by atoms with van der Waals surface area (Å²) in [4.78, 5) is 2.35. The third kappa shape index (κ3) is 4.57. The van der Waals surface area contributed by atoms with Crippen LogP contribution in [0.1, 0.15) is 37.0 Å². The maximum absolute atomic E-state index is 11.0. The fourth-order valence-corrected chi connectivity index (χ4v) is 2.88. The fourth-order valence-electron chi connectivity index (χ4n) is 2.88. The van der Waals surface area contributed by atoms with Crippen molar-refractivity contribution in [3.05, 3.63) is 65.7 Å². The number of methoxy groups -OCH3 is 1. The monoisotopic (exact) mass is 313 g/mol. The van der Waals surface area contributed by atoms with Gasteiger partial charge in [-0.3, -0.25) is 0 Å². The maximum atomic E-state index is 11.0. The number of hydrogen-bond donors (Lipinski definition) is 1. The summed E-state index contributed by atoms with van der Waals surface area (Å²) in [6, 6.07) is 18.0. The van der Waals surface area contributed by atoms with Crippen LogP contribution < -0.4 is 4.74 Å². The Labute approximate surface area is 139 Å². The molecule has 1 N–H and O–H groups in total. The zero-order chi connectivity index (χ0) is 16.7. The highest BCUT2D eigenvalue weighted by atomic mass is 16.5. The van der Waals surface area contributed by atoms with Gasteiger partial charge in [0.1, 0.15) is 5.75 Å². The Bertz CT molecular complexity index is 564. The van der Waals surface area contributed by atoms with E-state index in [2.05, 4.69) is 30.9 Å². The third-order valence-corrected chi connectivity index (χ3v) is 4.42. The van der Waals surface area contributed by atoms with Crippen LogP contribution in [0.5, 0.6) is 5.75 Å². The molecule has 0 aliphatic carbocycles. The highest BCUT2D eigenvalue weighted by Crippen LogP contribution is 2.32. The van der Waals surface area contributed by atoms with Crippen molar-refractivity contribution in [2.24, 2.45) is 0 Å². The fraction of sp³-hybridized carbons (Fsp3) is 0.400. The minimum Gasteiger partial charge on any atom is -0.497 e. The largest absolute Gasteiger partial charge is 0.497 e. The quantitative estimate of drug-likeness (QED) is 0.803. The van der Waals surface area contributed by atoms with Crippen molar-refractivity contribution in [3.63, 3.8) is 0 Å². The Balaban J connectivity index is 2.27. The summed E-state index contributed by atoms with van der Waals surface area (Å²) in [7, 11) is 1.65. The molecular weight excluding hydrogens is 286 g/mol. The molecule has 0 aromatic heterocycles. The van der Waals surface area contributed by atoms with Gasteiger partial charge in [0.05, 0.1) is 13.2 Å². The second kappa shape index (κ2) is 8.70.